The summed E-state index contributed by atoms with van der Waals surface area (Å²) in [4.78, 5) is 11.5. The molecule has 2 aliphatic rings. The summed E-state index contributed by atoms with van der Waals surface area (Å²) in [5.74, 6) is -0.676. The highest BCUT2D eigenvalue weighted by atomic mass is 32.3. The largest absolute Gasteiger partial charge is 0.397 e. The number of rotatable bonds is 7. The molecule has 2 saturated heterocycles. The fourth-order valence-electron chi connectivity index (χ4n) is 3.11. The maximum atomic E-state index is 11.5. The molecule has 0 radical (unpaired) electrons. The zero-order chi connectivity index (χ0) is 22.8. The van der Waals surface area contributed by atoms with Crippen molar-refractivity contribution in [3.8, 4) is 0 Å². The lowest BCUT2D eigenvalue weighted by molar-refractivity contribution is -0.341. The van der Waals surface area contributed by atoms with Gasteiger partial charge in [0.1, 0.15) is 48.8 Å². The van der Waals surface area contributed by atoms with Crippen molar-refractivity contribution in [2.45, 2.75) is 68.3 Å². The molecule has 30 heavy (non-hydrogen) atoms. The van der Waals surface area contributed by atoms with Crippen LogP contribution in [0, 0.1) is 0 Å². The van der Waals surface area contributed by atoms with Gasteiger partial charge in [-0.1, -0.05) is 0 Å². The first-order valence-corrected chi connectivity index (χ1v) is 10.1. The van der Waals surface area contributed by atoms with Gasteiger partial charge in [0.25, 0.3) is 0 Å². The fraction of sp³-hybridized carbons (Fsp3) is 0.929. The number of nitrogens with one attached hydrogen (secondary N) is 1. The molecule has 2 rings (SSSR count). The Hall–Kier alpha value is -1.02. The van der Waals surface area contributed by atoms with Crippen LogP contribution in [-0.4, -0.2) is 124 Å². The maximum Gasteiger partial charge on any atom is 0.397 e. The Bertz CT molecular complexity index is 688. The van der Waals surface area contributed by atoms with Crippen molar-refractivity contribution in [1.82, 2.24) is 5.32 Å². The number of carbonyl (C=O) groups is 1. The molecule has 0 aromatic heterocycles. The molecule has 2 heterocycles. The molecule has 0 unspecified atom stereocenters. The van der Waals surface area contributed by atoms with E-state index in [4.69, 9.17) is 18.8 Å². The van der Waals surface area contributed by atoms with E-state index in [0.717, 1.165) is 6.92 Å². The Kier molecular flexibility index (Phi) is 8.47. The molecule has 10 atom stereocenters. The van der Waals surface area contributed by atoms with Gasteiger partial charge in [-0.2, -0.15) is 8.42 Å². The molecule has 0 aromatic carbocycles. The molecule has 2 fully saturated rings. The zero-order valence-electron chi connectivity index (χ0n) is 15.6. The molecule has 0 spiro atoms. The van der Waals surface area contributed by atoms with Crippen LogP contribution in [0.2, 0.25) is 0 Å². The van der Waals surface area contributed by atoms with Crippen LogP contribution in [0.5, 0.6) is 0 Å². The Morgan fingerprint density at radius 2 is 1.63 bits per heavy atom. The molecule has 16 heteroatoms. The van der Waals surface area contributed by atoms with E-state index in [-0.39, 0.29) is 0 Å². The third-order valence-corrected chi connectivity index (χ3v) is 5.02. The predicted octanol–water partition coefficient (Wildman–Crippen LogP) is -5.43. The highest BCUT2D eigenvalue weighted by molar-refractivity contribution is 7.80. The van der Waals surface area contributed by atoms with Gasteiger partial charge < -0.3 is 50.2 Å². The standard InChI is InChI=1S/C14H25NO14S/c1-4(17)15-7-12(9(19)6(27-13(7)22)3-26-30(23,24)25)29-14-11(21)10(20)8(18)5(2-16)28-14/h5-14,16,18-22H,2-3H2,1H3,(H,15,17)(H,23,24,25)/t5-,6-,7-,8+,9+,10+,11-,12-,13+,14+/m1/s1. The predicted molar refractivity (Wildman–Crippen MR) is 90.6 cm³/mol. The molecule has 0 aliphatic carbocycles. The van der Waals surface area contributed by atoms with Gasteiger partial charge in [-0.15, -0.1) is 0 Å². The first kappa shape index (κ1) is 25.2. The SMILES string of the molecule is CC(=O)N[C@@H]1[C@@H](O[C@@H]2O[C@H](CO)[C@H](O)[C@H](O)[C@H]2O)[C@@H](O)[C@@H](COS(=O)(=O)O)O[C@@H]1O. The van der Waals surface area contributed by atoms with Crippen LogP contribution in [0.15, 0.2) is 0 Å². The quantitative estimate of drug-likeness (QED) is 0.164. The maximum absolute atomic E-state index is 11.5. The van der Waals surface area contributed by atoms with Crippen LogP contribution in [0.25, 0.3) is 0 Å². The molecule has 176 valence electrons. The average Bonchev–Trinajstić information content (AvgIpc) is 2.65. The Morgan fingerprint density at radius 1 is 1.00 bits per heavy atom. The van der Waals surface area contributed by atoms with E-state index >= 15 is 0 Å². The van der Waals surface area contributed by atoms with Crippen molar-refractivity contribution in [2.24, 2.45) is 0 Å². The number of ether oxygens (including phenoxy) is 3. The molecule has 0 saturated carbocycles. The second-order valence-corrected chi connectivity index (χ2v) is 7.88. The minimum atomic E-state index is -4.91. The lowest BCUT2D eigenvalue weighted by Crippen LogP contribution is -2.67. The van der Waals surface area contributed by atoms with Gasteiger partial charge in [-0.25, -0.2) is 4.18 Å². The first-order chi connectivity index (χ1) is 13.9. The number of hydrogen-bond donors (Lipinski definition) is 8. The van der Waals surface area contributed by atoms with Crippen LogP contribution in [-0.2, 0) is 33.6 Å². The van der Waals surface area contributed by atoms with Gasteiger partial charge in [-0.05, 0) is 0 Å². The normalized spacial score (nSPS) is 42.7. The monoisotopic (exact) mass is 463 g/mol. The molecule has 15 nitrogen and oxygen atoms in total. The van der Waals surface area contributed by atoms with Crippen LogP contribution in [0.4, 0.5) is 0 Å². The van der Waals surface area contributed by atoms with Crippen molar-refractivity contribution in [2.75, 3.05) is 13.2 Å². The summed E-state index contributed by atoms with van der Waals surface area (Å²) >= 11 is 0. The Morgan fingerprint density at radius 3 is 2.17 bits per heavy atom. The third kappa shape index (κ3) is 6.02. The van der Waals surface area contributed by atoms with E-state index in [9.17, 15) is 43.9 Å². The van der Waals surface area contributed by atoms with Gasteiger partial charge in [0, 0.05) is 6.92 Å². The average molecular weight is 463 g/mol. The first-order valence-electron chi connectivity index (χ1n) is 8.72. The summed E-state index contributed by atoms with van der Waals surface area (Å²) in [6, 6.07) is -1.45. The van der Waals surface area contributed by atoms with Crippen molar-refractivity contribution >= 4 is 16.3 Å². The molecule has 2 aliphatic heterocycles. The molecular weight excluding hydrogens is 438 g/mol. The Labute approximate surface area is 170 Å². The van der Waals surface area contributed by atoms with Crippen molar-refractivity contribution in [1.29, 1.82) is 0 Å². The fourth-order valence-corrected chi connectivity index (χ4v) is 3.42. The summed E-state index contributed by atoms with van der Waals surface area (Å²) in [5, 5.41) is 62.0. The molecular formula is C14H25NO14S. The number of hydrogen-bond acceptors (Lipinski definition) is 13. The van der Waals surface area contributed by atoms with Crippen LogP contribution in [0.1, 0.15) is 6.92 Å². The van der Waals surface area contributed by atoms with E-state index in [0.29, 0.717) is 0 Å². The second kappa shape index (κ2) is 10.1. The summed E-state index contributed by atoms with van der Waals surface area (Å²) in [6.07, 6.45) is -15.3. The van der Waals surface area contributed by atoms with Crippen LogP contribution >= 0.6 is 0 Å². The van der Waals surface area contributed by atoms with Gasteiger partial charge in [-0.3, -0.25) is 9.35 Å². The molecule has 0 aromatic rings. The lowest BCUT2D eigenvalue weighted by atomic mass is 9.95. The number of amides is 1. The van der Waals surface area contributed by atoms with E-state index in [1.807, 2.05) is 0 Å². The van der Waals surface area contributed by atoms with Crippen LogP contribution in [0.3, 0.4) is 0 Å². The van der Waals surface area contributed by atoms with Crippen molar-refractivity contribution < 1.29 is 66.8 Å². The smallest absolute Gasteiger partial charge is 0.394 e. The highest BCUT2D eigenvalue weighted by Gasteiger charge is 2.51. The zero-order valence-corrected chi connectivity index (χ0v) is 16.4. The molecule has 0 bridgehead atoms. The van der Waals surface area contributed by atoms with E-state index in [1.165, 1.54) is 0 Å². The van der Waals surface area contributed by atoms with E-state index in [1.54, 1.807) is 0 Å². The minimum absolute atomic E-state index is 0.676. The lowest BCUT2D eigenvalue weighted by Gasteiger charge is -2.46. The summed E-state index contributed by atoms with van der Waals surface area (Å²) in [5.41, 5.74) is 0. The number of aliphatic hydroxyl groups is 6. The topological polar surface area (TPSA) is 242 Å². The summed E-state index contributed by atoms with van der Waals surface area (Å²) in [7, 11) is -4.91. The van der Waals surface area contributed by atoms with Gasteiger partial charge in [0.2, 0.25) is 5.91 Å². The van der Waals surface area contributed by atoms with Crippen LogP contribution < -0.4 is 5.32 Å². The van der Waals surface area contributed by atoms with Crippen molar-refractivity contribution in [3.05, 3.63) is 0 Å². The number of aliphatic hydroxyl groups excluding tert-OH is 6. The summed E-state index contributed by atoms with van der Waals surface area (Å²) < 4.78 is 50.0. The third-order valence-electron chi connectivity index (χ3n) is 4.58. The second-order valence-electron chi connectivity index (χ2n) is 6.79. The van der Waals surface area contributed by atoms with Gasteiger partial charge in [0.05, 0.1) is 13.2 Å². The number of carbonyl (C=O) groups excluding carboxylic acids is 1. The molecule has 8 N–H and O–H groups in total. The van der Waals surface area contributed by atoms with Gasteiger partial charge in [0.15, 0.2) is 12.6 Å². The van der Waals surface area contributed by atoms with Crippen molar-refractivity contribution in [3.63, 3.8) is 0 Å². The Balaban J connectivity index is 2.24. The van der Waals surface area contributed by atoms with Gasteiger partial charge >= 0.3 is 10.4 Å². The highest BCUT2D eigenvalue weighted by Crippen LogP contribution is 2.29. The summed E-state index contributed by atoms with van der Waals surface area (Å²) in [6.45, 7) is -0.625. The van der Waals surface area contributed by atoms with E-state index in [2.05, 4.69) is 9.50 Å². The van der Waals surface area contributed by atoms with E-state index < -0.39 is 90.9 Å². The molecule has 1 amide bonds. The minimum Gasteiger partial charge on any atom is -0.394 e.